The van der Waals surface area contributed by atoms with Gasteiger partial charge < -0.3 is 14.0 Å². The largest absolute Gasteiger partial charge is 0.493 e. The molecule has 0 saturated heterocycles. The van der Waals surface area contributed by atoms with E-state index in [4.69, 9.17) is 9.47 Å². The summed E-state index contributed by atoms with van der Waals surface area (Å²) in [5.41, 5.74) is 13.8. The summed E-state index contributed by atoms with van der Waals surface area (Å²) < 4.78 is 16.1. The van der Waals surface area contributed by atoms with Crippen LogP contribution >= 0.6 is 0 Å². The lowest BCUT2D eigenvalue weighted by Crippen LogP contribution is -2.67. The van der Waals surface area contributed by atoms with Crippen molar-refractivity contribution in [3.05, 3.63) is 111 Å². The van der Waals surface area contributed by atoms with E-state index in [1.54, 1.807) is 0 Å². The summed E-state index contributed by atoms with van der Waals surface area (Å²) in [7, 11) is -1.93. The topological polar surface area (TPSA) is 21.7 Å². The zero-order chi connectivity index (χ0) is 42.2. The van der Waals surface area contributed by atoms with Crippen LogP contribution in [0.2, 0.25) is 18.6 Å². The van der Waals surface area contributed by atoms with Crippen molar-refractivity contribution in [3.8, 4) is 11.5 Å². The Morgan fingerprint density at radius 2 is 1.14 bits per heavy atom. The van der Waals surface area contributed by atoms with Gasteiger partial charge in [-0.25, -0.2) is 0 Å². The van der Waals surface area contributed by atoms with Crippen molar-refractivity contribution in [1.82, 2.24) is 4.57 Å². The maximum Gasteiger partial charge on any atom is 0.126 e. The van der Waals surface area contributed by atoms with Crippen molar-refractivity contribution in [2.75, 3.05) is 13.2 Å². The normalized spacial score (nSPS) is 20.1. The third kappa shape index (κ3) is 8.32. The molecule has 3 aromatic rings. The molecule has 0 N–H and O–H groups in total. The van der Waals surface area contributed by atoms with E-state index in [2.05, 4.69) is 161 Å². The van der Waals surface area contributed by atoms with Gasteiger partial charge >= 0.3 is 0 Å². The molecular weight excluding hydrogens is 723 g/mol. The van der Waals surface area contributed by atoms with Crippen LogP contribution in [0.25, 0.3) is 5.57 Å². The van der Waals surface area contributed by atoms with Crippen LogP contribution in [0, 0.1) is 39.5 Å². The quantitative estimate of drug-likeness (QED) is 0.106. The molecule has 1 fully saturated rings. The lowest BCUT2D eigenvalue weighted by molar-refractivity contribution is 0.122. The molecule has 0 bridgehead atoms. The first-order chi connectivity index (χ1) is 27.4. The molecule has 0 amide bonds. The van der Waals surface area contributed by atoms with Gasteiger partial charge in [-0.2, -0.15) is 0 Å². The van der Waals surface area contributed by atoms with Gasteiger partial charge in [0.1, 0.15) is 19.7 Å². The van der Waals surface area contributed by atoms with Gasteiger partial charge in [-0.05, 0) is 162 Å². The number of hydrogen-bond donors (Lipinski definition) is 0. The van der Waals surface area contributed by atoms with Crippen molar-refractivity contribution >= 4 is 13.8 Å². The smallest absolute Gasteiger partial charge is 0.126 e. The molecule has 6 rings (SSSR count). The molecule has 0 aliphatic heterocycles. The lowest BCUT2D eigenvalue weighted by atomic mass is 9.64. The van der Waals surface area contributed by atoms with Gasteiger partial charge in [0.05, 0.1) is 18.6 Å². The molecule has 58 heavy (non-hydrogen) atoms. The Bertz CT molecular complexity index is 1860. The number of fused-ring (bicyclic) bond motifs is 4. The molecule has 0 heterocycles. The molecule has 1 saturated carbocycles. The molecule has 3 aromatic carbocycles. The fourth-order valence-corrected chi connectivity index (χ4v) is 18.5. The molecule has 3 unspecified atom stereocenters. The Kier molecular flexibility index (Phi) is 13.4. The van der Waals surface area contributed by atoms with Crippen molar-refractivity contribution in [3.63, 3.8) is 0 Å². The minimum Gasteiger partial charge on any atom is -0.493 e. The number of nitrogens with zero attached hydrogens (tertiary/aromatic N) is 1. The zero-order valence-electron chi connectivity index (χ0n) is 39.3. The van der Waals surface area contributed by atoms with Crippen LogP contribution in [0.1, 0.15) is 164 Å². The van der Waals surface area contributed by atoms with E-state index in [1.165, 1.54) is 107 Å². The standard InChI is InChI=1S/C54H79NO2Si/c1-15-17-19-23-29-56-50-37(3)31-42(32-38(50)4)54(43-33-39(5)51(40(6)34-43)57-30-24-20-18-16-2)47-26-22-21-25-44(47)46-36-45-41(35-48(46)54)27-28-49(45)58(13,14)55(52(7,8)9)53(10,11)12/h21-22,25-26,31-36,41,45,49H,15-20,23-24,27-30H2,1-14H3. The van der Waals surface area contributed by atoms with Gasteiger partial charge in [-0.1, -0.05) is 133 Å². The van der Waals surface area contributed by atoms with Crippen molar-refractivity contribution in [2.24, 2.45) is 11.8 Å². The van der Waals surface area contributed by atoms with Gasteiger partial charge in [0.15, 0.2) is 0 Å². The van der Waals surface area contributed by atoms with E-state index in [0.717, 1.165) is 37.6 Å². The first-order valence-corrected chi connectivity index (χ1v) is 26.2. The second-order valence-corrected chi connectivity index (χ2v) is 25.4. The van der Waals surface area contributed by atoms with Gasteiger partial charge in [0.25, 0.3) is 0 Å². The van der Waals surface area contributed by atoms with Crippen LogP contribution in [0.4, 0.5) is 0 Å². The van der Waals surface area contributed by atoms with Gasteiger partial charge in [-0.15, -0.1) is 0 Å². The molecule has 0 spiro atoms. The summed E-state index contributed by atoms with van der Waals surface area (Å²) in [6.45, 7) is 35.2. The van der Waals surface area contributed by atoms with Crippen molar-refractivity contribution in [2.45, 2.75) is 182 Å². The molecule has 3 aliphatic rings. The summed E-state index contributed by atoms with van der Waals surface area (Å²) in [4.78, 5) is 0. The molecule has 3 aliphatic carbocycles. The summed E-state index contributed by atoms with van der Waals surface area (Å²) >= 11 is 0. The van der Waals surface area contributed by atoms with Crippen LogP contribution < -0.4 is 9.47 Å². The number of aryl methyl sites for hydroxylation is 4. The molecule has 4 heteroatoms. The Hall–Kier alpha value is -3.08. The Morgan fingerprint density at radius 3 is 1.60 bits per heavy atom. The van der Waals surface area contributed by atoms with E-state index < -0.39 is 13.7 Å². The highest BCUT2D eigenvalue weighted by molar-refractivity contribution is 6.76. The van der Waals surface area contributed by atoms with Crippen molar-refractivity contribution < 1.29 is 9.47 Å². The summed E-state index contributed by atoms with van der Waals surface area (Å²) in [6.07, 6.45) is 17.8. The molecule has 0 radical (unpaired) electrons. The Balaban J connectivity index is 1.52. The number of unbranched alkanes of at least 4 members (excludes halogenated alkanes) is 6. The minimum absolute atomic E-state index is 0.103. The maximum atomic E-state index is 6.59. The van der Waals surface area contributed by atoms with Gasteiger partial charge in [-0.3, -0.25) is 0 Å². The second kappa shape index (κ2) is 17.5. The molecule has 0 aromatic heterocycles. The van der Waals surface area contributed by atoms with E-state index in [-0.39, 0.29) is 11.1 Å². The Labute approximate surface area is 356 Å². The van der Waals surface area contributed by atoms with Crippen LogP contribution in [-0.2, 0) is 5.41 Å². The van der Waals surface area contributed by atoms with E-state index in [1.807, 2.05) is 0 Å². The first kappa shape index (κ1) is 44.5. The minimum atomic E-state index is -1.93. The van der Waals surface area contributed by atoms with Gasteiger partial charge in [0.2, 0.25) is 0 Å². The third-order valence-corrected chi connectivity index (χ3v) is 18.9. The average molecular weight is 802 g/mol. The number of hydrogen-bond acceptors (Lipinski definition) is 3. The van der Waals surface area contributed by atoms with E-state index in [0.29, 0.717) is 17.4 Å². The zero-order valence-corrected chi connectivity index (χ0v) is 40.3. The maximum absolute atomic E-state index is 6.59. The monoisotopic (exact) mass is 802 g/mol. The number of rotatable bonds is 16. The van der Waals surface area contributed by atoms with Crippen LogP contribution in [0.3, 0.4) is 0 Å². The average Bonchev–Trinajstić information content (AvgIpc) is 3.68. The predicted octanol–water partition coefficient (Wildman–Crippen LogP) is 15.0. The third-order valence-electron chi connectivity index (χ3n) is 13.9. The van der Waals surface area contributed by atoms with E-state index in [9.17, 15) is 0 Å². The number of ether oxygens (including phenoxy) is 2. The molecule has 316 valence electrons. The fourth-order valence-electron chi connectivity index (χ4n) is 12.5. The van der Waals surface area contributed by atoms with Crippen molar-refractivity contribution in [1.29, 1.82) is 0 Å². The second-order valence-electron chi connectivity index (χ2n) is 20.9. The predicted molar refractivity (Wildman–Crippen MR) is 252 cm³/mol. The summed E-state index contributed by atoms with van der Waals surface area (Å²) in [6, 6.07) is 19.3. The molecular formula is C54H79NO2Si. The summed E-state index contributed by atoms with van der Waals surface area (Å²) in [5, 5.41) is 0. The number of benzene rings is 3. The SMILES string of the molecule is CCCCCCOc1c(C)cc(C2(c3cc(C)c(OCCCCCC)c(C)c3)C3=CC4CCC([Si](C)(C)N(C(C)(C)C)C(C)(C)C)C4C=C3c3ccccc32)cc1C. The van der Waals surface area contributed by atoms with Crippen LogP contribution in [0.5, 0.6) is 11.5 Å². The summed E-state index contributed by atoms with van der Waals surface area (Å²) in [5.74, 6) is 3.17. The van der Waals surface area contributed by atoms with Crippen LogP contribution in [0.15, 0.2) is 66.3 Å². The highest BCUT2D eigenvalue weighted by Gasteiger charge is 2.56. The van der Waals surface area contributed by atoms with Crippen LogP contribution in [-0.4, -0.2) is 37.1 Å². The highest BCUT2D eigenvalue weighted by Crippen LogP contribution is 2.63. The molecule has 3 nitrogen and oxygen atoms in total. The molecule has 3 atom stereocenters. The lowest BCUT2D eigenvalue weighted by Gasteiger charge is -2.57. The van der Waals surface area contributed by atoms with E-state index >= 15 is 0 Å². The Morgan fingerprint density at radius 1 is 0.655 bits per heavy atom. The fraction of sp³-hybridized carbons (Fsp3) is 0.593. The first-order valence-electron chi connectivity index (χ1n) is 23.2. The van der Waals surface area contributed by atoms with Gasteiger partial charge in [0, 0.05) is 11.1 Å². The number of allylic oxidation sites excluding steroid dienone is 4. The highest BCUT2D eigenvalue weighted by atomic mass is 28.3.